The number of ether oxygens (including phenoxy) is 2. The first kappa shape index (κ1) is 20.1. The smallest absolute Gasteiger partial charge is 0.219 e. The predicted octanol–water partition coefficient (Wildman–Crippen LogP) is 3.64. The van der Waals surface area contributed by atoms with E-state index in [0.717, 1.165) is 44.1 Å². The van der Waals surface area contributed by atoms with E-state index in [2.05, 4.69) is 27.5 Å². The molecule has 7 heteroatoms. The first-order chi connectivity index (χ1) is 13.6. The van der Waals surface area contributed by atoms with E-state index in [1.807, 2.05) is 13.0 Å². The summed E-state index contributed by atoms with van der Waals surface area (Å²) in [5, 5.41) is 6.61. The summed E-state index contributed by atoms with van der Waals surface area (Å²) in [5.74, 6) is 1.45. The van der Waals surface area contributed by atoms with Gasteiger partial charge < -0.3 is 20.1 Å². The Labute approximate surface area is 165 Å². The van der Waals surface area contributed by atoms with E-state index in [4.69, 9.17) is 9.47 Å². The standard InChI is InChI=1S/C21H27FN4O2/c1-3-23-20(26-15-21(2)11-4-12-27-21)25-14-16-5-10-19(24-13-16)28-18-8-6-17(22)7-9-18/h5-10,13H,3-4,11-12,14-15H2,1-2H3,(H2,23,25,26). The molecule has 0 aliphatic carbocycles. The highest BCUT2D eigenvalue weighted by Gasteiger charge is 2.29. The predicted molar refractivity (Wildman–Crippen MR) is 107 cm³/mol. The molecule has 0 spiro atoms. The van der Waals surface area contributed by atoms with Gasteiger partial charge in [0.25, 0.3) is 0 Å². The van der Waals surface area contributed by atoms with E-state index in [0.29, 0.717) is 18.2 Å². The Morgan fingerprint density at radius 3 is 2.71 bits per heavy atom. The third-order valence-corrected chi connectivity index (χ3v) is 4.53. The van der Waals surface area contributed by atoms with Crippen molar-refractivity contribution in [2.45, 2.75) is 38.8 Å². The summed E-state index contributed by atoms with van der Waals surface area (Å²) < 4.78 is 24.4. The lowest BCUT2D eigenvalue weighted by atomic mass is 10.0. The van der Waals surface area contributed by atoms with Crippen molar-refractivity contribution >= 4 is 5.96 Å². The van der Waals surface area contributed by atoms with E-state index < -0.39 is 0 Å². The van der Waals surface area contributed by atoms with Gasteiger partial charge in [0.2, 0.25) is 5.88 Å². The third-order valence-electron chi connectivity index (χ3n) is 4.53. The van der Waals surface area contributed by atoms with Gasteiger partial charge >= 0.3 is 0 Å². The SMILES string of the molecule is CCNC(=NCc1ccc(Oc2ccc(F)cc2)nc1)NCC1(C)CCCO1. The summed E-state index contributed by atoms with van der Waals surface area (Å²) in [6.45, 7) is 6.99. The number of hydrogen-bond donors (Lipinski definition) is 2. The molecule has 0 saturated carbocycles. The maximum Gasteiger partial charge on any atom is 0.219 e. The van der Waals surface area contributed by atoms with Crippen LogP contribution in [0.15, 0.2) is 47.6 Å². The number of pyridine rings is 1. The summed E-state index contributed by atoms with van der Waals surface area (Å²) in [4.78, 5) is 8.91. The highest BCUT2D eigenvalue weighted by Crippen LogP contribution is 2.24. The number of rotatable bonds is 7. The van der Waals surface area contributed by atoms with E-state index in [1.54, 1.807) is 24.4 Å². The Kier molecular flexibility index (Phi) is 6.81. The largest absolute Gasteiger partial charge is 0.439 e. The van der Waals surface area contributed by atoms with Crippen LogP contribution in [0, 0.1) is 5.82 Å². The number of halogens is 1. The van der Waals surface area contributed by atoms with Crippen molar-refractivity contribution in [3.05, 3.63) is 54.0 Å². The molecule has 6 nitrogen and oxygen atoms in total. The van der Waals surface area contributed by atoms with Gasteiger partial charge in [-0.25, -0.2) is 14.4 Å². The summed E-state index contributed by atoms with van der Waals surface area (Å²) in [5.41, 5.74) is 0.837. The van der Waals surface area contributed by atoms with Crippen LogP contribution in [0.1, 0.15) is 32.3 Å². The number of guanidine groups is 1. The van der Waals surface area contributed by atoms with E-state index >= 15 is 0 Å². The monoisotopic (exact) mass is 386 g/mol. The fourth-order valence-electron chi connectivity index (χ4n) is 2.95. The first-order valence-corrected chi connectivity index (χ1v) is 9.61. The van der Waals surface area contributed by atoms with Crippen LogP contribution in [-0.2, 0) is 11.3 Å². The number of benzene rings is 1. The Hall–Kier alpha value is -2.67. The fourth-order valence-corrected chi connectivity index (χ4v) is 2.95. The molecular weight excluding hydrogens is 359 g/mol. The number of nitrogens with zero attached hydrogens (tertiary/aromatic N) is 2. The van der Waals surface area contributed by atoms with Crippen molar-refractivity contribution in [1.82, 2.24) is 15.6 Å². The molecule has 150 valence electrons. The summed E-state index contributed by atoms with van der Waals surface area (Å²) in [7, 11) is 0. The Morgan fingerprint density at radius 2 is 2.07 bits per heavy atom. The van der Waals surface area contributed by atoms with Crippen LogP contribution in [0.25, 0.3) is 0 Å². The van der Waals surface area contributed by atoms with Crippen molar-refractivity contribution in [3.63, 3.8) is 0 Å². The maximum absolute atomic E-state index is 12.9. The molecule has 3 rings (SSSR count). The van der Waals surface area contributed by atoms with Gasteiger partial charge in [0.1, 0.15) is 11.6 Å². The third kappa shape index (κ3) is 5.92. The van der Waals surface area contributed by atoms with Gasteiger partial charge in [-0.2, -0.15) is 0 Å². The van der Waals surface area contributed by atoms with Gasteiger partial charge in [-0.1, -0.05) is 6.07 Å². The lowest BCUT2D eigenvalue weighted by Gasteiger charge is -2.24. The summed E-state index contributed by atoms with van der Waals surface area (Å²) in [6, 6.07) is 9.54. The molecule has 2 heterocycles. The van der Waals surface area contributed by atoms with Crippen molar-refractivity contribution in [1.29, 1.82) is 0 Å². The molecule has 1 aliphatic rings. The average molecular weight is 386 g/mol. The second kappa shape index (κ2) is 9.50. The van der Waals surface area contributed by atoms with Crippen molar-refractivity contribution in [2.24, 2.45) is 4.99 Å². The number of nitrogens with one attached hydrogen (secondary N) is 2. The zero-order valence-electron chi connectivity index (χ0n) is 16.4. The zero-order chi connectivity index (χ0) is 19.8. The molecule has 1 saturated heterocycles. The van der Waals surface area contributed by atoms with Crippen LogP contribution < -0.4 is 15.4 Å². The topological polar surface area (TPSA) is 67.8 Å². The van der Waals surface area contributed by atoms with Crippen LogP contribution in [0.3, 0.4) is 0 Å². The molecule has 1 aromatic heterocycles. The van der Waals surface area contributed by atoms with Crippen LogP contribution in [0.4, 0.5) is 4.39 Å². The highest BCUT2D eigenvalue weighted by atomic mass is 19.1. The van der Waals surface area contributed by atoms with Crippen molar-refractivity contribution < 1.29 is 13.9 Å². The van der Waals surface area contributed by atoms with Gasteiger partial charge in [0.05, 0.1) is 12.1 Å². The van der Waals surface area contributed by atoms with Gasteiger partial charge in [-0.05, 0) is 56.5 Å². The minimum atomic E-state index is -0.299. The molecule has 28 heavy (non-hydrogen) atoms. The van der Waals surface area contributed by atoms with Crippen LogP contribution in [0.2, 0.25) is 0 Å². The normalized spacial score (nSPS) is 19.5. The summed E-state index contributed by atoms with van der Waals surface area (Å²) in [6.07, 6.45) is 3.88. The van der Waals surface area contributed by atoms with E-state index in [9.17, 15) is 4.39 Å². The molecule has 1 aromatic carbocycles. The lowest BCUT2D eigenvalue weighted by Crippen LogP contribution is -2.45. The van der Waals surface area contributed by atoms with Crippen LogP contribution >= 0.6 is 0 Å². The van der Waals surface area contributed by atoms with Gasteiger partial charge in [-0.15, -0.1) is 0 Å². The van der Waals surface area contributed by atoms with Gasteiger partial charge in [-0.3, -0.25) is 0 Å². The zero-order valence-corrected chi connectivity index (χ0v) is 16.4. The number of aromatic nitrogens is 1. The Morgan fingerprint density at radius 1 is 1.25 bits per heavy atom. The van der Waals surface area contributed by atoms with Crippen molar-refractivity contribution in [3.8, 4) is 11.6 Å². The van der Waals surface area contributed by atoms with Crippen LogP contribution in [0.5, 0.6) is 11.6 Å². The lowest BCUT2D eigenvalue weighted by molar-refractivity contribution is 0.0243. The number of hydrogen-bond acceptors (Lipinski definition) is 4. The molecule has 1 unspecified atom stereocenters. The molecule has 0 radical (unpaired) electrons. The van der Waals surface area contributed by atoms with Gasteiger partial charge in [0, 0.05) is 32.0 Å². The molecule has 1 fully saturated rings. The van der Waals surface area contributed by atoms with Gasteiger partial charge in [0.15, 0.2) is 5.96 Å². The molecule has 1 atom stereocenters. The Balaban J connectivity index is 1.55. The molecule has 0 amide bonds. The second-order valence-corrected chi connectivity index (χ2v) is 7.01. The van der Waals surface area contributed by atoms with Crippen molar-refractivity contribution in [2.75, 3.05) is 19.7 Å². The molecule has 0 bridgehead atoms. The highest BCUT2D eigenvalue weighted by molar-refractivity contribution is 5.79. The minimum absolute atomic E-state index is 0.128. The molecule has 2 aromatic rings. The fraction of sp³-hybridized carbons (Fsp3) is 0.429. The minimum Gasteiger partial charge on any atom is -0.439 e. The van der Waals surface area contributed by atoms with E-state index in [1.165, 1.54) is 12.1 Å². The molecule has 2 N–H and O–H groups in total. The summed E-state index contributed by atoms with van der Waals surface area (Å²) >= 11 is 0. The second-order valence-electron chi connectivity index (χ2n) is 7.01. The maximum atomic E-state index is 12.9. The molecular formula is C21H27FN4O2. The Bertz CT molecular complexity index is 772. The average Bonchev–Trinajstić information content (AvgIpc) is 3.14. The van der Waals surface area contributed by atoms with Crippen LogP contribution in [-0.4, -0.2) is 36.2 Å². The van der Waals surface area contributed by atoms with E-state index in [-0.39, 0.29) is 11.4 Å². The first-order valence-electron chi connectivity index (χ1n) is 9.61. The quantitative estimate of drug-likeness (QED) is 0.562. The number of aliphatic imine (C=N–C) groups is 1. The molecule has 1 aliphatic heterocycles.